The Hall–Kier alpha value is -2.17. The minimum atomic E-state index is -0.488. The van der Waals surface area contributed by atoms with E-state index < -0.39 is 4.92 Å². The van der Waals surface area contributed by atoms with Crippen LogP contribution in [-0.4, -0.2) is 23.4 Å². The molecule has 0 radical (unpaired) electrons. The number of nitro groups is 1. The molecular weight excluding hydrogens is 234 g/mol. The molecule has 0 aliphatic heterocycles. The third-order valence-corrected chi connectivity index (χ3v) is 2.47. The number of nitriles is 1. The number of nitrogens with one attached hydrogen (secondary N) is 1. The zero-order valence-corrected chi connectivity index (χ0v) is 10.1. The molecule has 0 saturated carbocycles. The molecule has 7 heteroatoms. The number of benzene rings is 1. The van der Waals surface area contributed by atoms with Gasteiger partial charge in [-0.15, -0.1) is 0 Å². The van der Waals surface area contributed by atoms with Gasteiger partial charge in [0, 0.05) is 25.6 Å². The van der Waals surface area contributed by atoms with E-state index >= 15 is 0 Å². The third kappa shape index (κ3) is 3.69. The van der Waals surface area contributed by atoms with Crippen LogP contribution < -0.4 is 11.3 Å². The number of hydrogen-bond donors (Lipinski definition) is 2. The molecular formula is C11H15N5O2. The minimum absolute atomic E-state index is 0.0547. The summed E-state index contributed by atoms with van der Waals surface area (Å²) >= 11 is 0. The summed E-state index contributed by atoms with van der Waals surface area (Å²) in [7, 11) is 1.88. The number of nitro benzene ring substituents is 1. The average Bonchev–Trinajstić information content (AvgIpc) is 2.35. The molecule has 0 saturated heterocycles. The molecule has 1 rings (SSSR count). The Morgan fingerprint density at radius 1 is 1.61 bits per heavy atom. The maximum absolute atomic E-state index is 10.7. The zero-order chi connectivity index (χ0) is 13.5. The molecule has 0 unspecified atom stereocenters. The Morgan fingerprint density at radius 2 is 2.33 bits per heavy atom. The van der Waals surface area contributed by atoms with Gasteiger partial charge >= 0.3 is 0 Å². The lowest BCUT2D eigenvalue weighted by molar-refractivity contribution is -0.384. The van der Waals surface area contributed by atoms with Crippen molar-refractivity contribution in [1.82, 2.24) is 4.90 Å². The maximum Gasteiger partial charge on any atom is 0.293 e. The SMILES string of the molecule is CN(CCC#N)Cc1ccc([N+](=O)[O-])c(NN)c1. The topological polar surface area (TPSA) is 108 Å². The van der Waals surface area contributed by atoms with Crippen LogP contribution in [0.2, 0.25) is 0 Å². The lowest BCUT2D eigenvalue weighted by Gasteiger charge is -2.15. The summed E-state index contributed by atoms with van der Waals surface area (Å²) in [4.78, 5) is 12.2. The van der Waals surface area contributed by atoms with Crippen LogP contribution in [0.25, 0.3) is 0 Å². The van der Waals surface area contributed by atoms with E-state index in [4.69, 9.17) is 11.1 Å². The predicted octanol–water partition coefficient (Wildman–Crippen LogP) is 1.23. The van der Waals surface area contributed by atoms with E-state index in [1.807, 2.05) is 11.9 Å². The fraction of sp³-hybridized carbons (Fsp3) is 0.364. The summed E-state index contributed by atoms with van der Waals surface area (Å²) in [5.41, 5.74) is 3.45. The van der Waals surface area contributed by atoms with Gasteiger partial charge in [0.2, 0.25) is 0 Å². The van der Waals surface area contributed by atoms with Crippen molar-refractivity contribution >= 4 is 11.4 Å². The molecule has 0 atom stereocenters. The van der Waals surface area contributed by atoms with Gasteiger partial charge in [-0.2, -0.15) is 5.26 Å². The van der Waals surface area contributed by atoms with E-state index in [-0.39, 0.29) is 11.4 Å². The summed E-state index contributed by atoms with van der Waals surface area (Å²) < 4.78 is 0. The van der Waals surface area contributed by atoms with Crippen molar-refractivity contribution in [3.05, 3.63) is 33.9 Å². The quantitative estimate of drug-likeness (QED) is 0.446. The molecule has 7 nitrogen and oxygen atoms in total. The van der Waals surface area contributed by atoms with Crippen molar-refractivity contribution in [3.8, 4) is 6.07 Å². The first-order chi connectivity index (χ1) is 8.58. The number of rotatable bonds is 6. The van der Waals surface area contributed by atoms with Gasteiger partial charge in [-0.05, 0) is 18.7 Å². The normalized spacial score (nSPS) is 10.1. The van der Waals surface area contributed by atoms with Crippen LogP contribution in [0.4, 0.5) is 11.4 Å². The van der Waals surface area contributed by atoms with Crippen LogP contribution in [0.15, 0.2) is 18.2 Å². The van der Waals surface area contributed by atoms with Crippen molar-refractivity contribution in [2.75, 3.05) is 19.0 Å². The summed E-state index contributed by atoms with van der Waals surface area (Å²) in [6.45, 7) is 1.26. The zero-order valence-electron chi connectivity index (χ0n) is 10.1. The first-order valence-electron chi connectivity index (χ1n) is 5.38. The van der Waals surface area contributed by atoms with E-state index in [0.717, 1.165) is 5.56 Å². The molecule has 0 amide bonds. The van der Waals surface area contributed by atoms with Gasteiger partial charge in [-0.25, -0.2) is 0 Å². The highest BCUT2D eigenvalue weighted by Gasteiger charge is 2.13. The van der Waals surface area contributed by atoms with Crippen LogP contribution in [0, 0.1) is 21.4 Å². The molecule has 0 aliphatic carbocycles. The largest absolute Gasteiger partial charge is 0.318 e. The molecule has 3 N–H and O–H groups in total. The second-order valence-corrected chi connectivity index (χ2v) is 3.90. The maximum atomic E-state index is 10.7. The molecule has 0 aromatic heterocycles. The van der Waals surface area contributed by atoms with Crippen LogP contribution in [0.5, 0.6) is 0 Å². The van der Waals surface area contributed by atoms with Crippen LogP contribution in [-0.2, 0) is 6.54 Å². The Bertz CT molecular complexity index is 469. The van der Waals surface area contributed by atoms with Crippen LogP contribution in [0.3, 0.4) is 0 Å². The second-order valence-electron chi connectivity index (χ2n) is 3.90. The van der Waals surface area contributed by atoms with Crippen molar-refractivity contribution in [1.29, 1.82) is 5.26 Å². The lowest BCUT2D eigenvalue weighted by Crippen LogP contribution is -2.19. The van der Waals surface area contributed by atoms with Gasteiger partial charge in [0.25, 0.3) is 5.69 Å². The molecule has 0 bridgehead atoms. The Balaban J connectivity index is 2.80. The van der Waals surface area contributed by atoms with Gasteiger partial charge in [0.1, 0.15) is 5.69 Å². The van der Waals surface area contributed by atoms with E-state index in [1.54, 1.807) is 12.1 Å². The number of hydrazine groups is 1. The van der Waals surface area contributed by atoms with E-state index in [0.29, 0.717) is 19.5 Å². The van der Waals surface area contributed by atoms with E-state index in [2.05, 4.69) is 11.5 Å². The van der Waals surface area contributed by atoms with Gasteiger partial charge < -0.3 is 10.3 Å². The summed E-state index contributed by atoms with van der Waals surface area (Å²) in [5.74, 6) is 5.26. The molecule has 96 valence electrons. The van der Waals surface area contributed by atoms with Crippen molar-refractivity contribution in [2.24, 2.45) is 5.84 Å². The summed E-state index contributed by atoms with van der Waals surface area (Å²) in [6, 6.07) is 6.81. The second kappa shape index (κ2) is 6.54. The smallest absolute Gasteiger partial charge is 0.293 e. The van der Waals surface area contributed by atoms with Crippen molar-refractivity contribution in [3.63, 3.8) is 0 Å². The van der Waals surface area contributed by atoms with Gasteiger partial charge in [-0.3, -0.25) is 16.0 Å². The van der Waals surface area contributed by atoms with Crippen LogP contribution >= 0.6 is 0 Å². The number of anilines is 1. The van der Waals surface area contributed by atoms with Gasteiger partial charge in [-0.1, -0.05) is 6.07 Å². The monoisotopic (exact) mass is 249 g/mol. The number of nitrogens with zero attached hydrogens (tertiary/aromatic N) is 3. The standard InChI is InChI=1S/C11H15N5O2/c1-15(6-2-5-12)8-9-3-4-11(16(17)18)10(7-9)14-13/h3-4,7,14H,2,6,8,13H2,1H3. The minimum Gasteiger partial charge on any atom is -0.318 e. The first-order valence-corrected chi connectivity index (χ1v) is 5.38. The van der Waals surface area contributed by atoms with Gasteiger partial charge in [0.15, 0.2) is 0 Å². The first kappa shape index (κ1) is 13.9. The molecule has 0 aliphatic rings. The van der Waals surface area contributed by atoms with E-state index in [1.165, 1.54) is 6.07 Å². The Morgan fingerprint density at radius 3 is 2.89 bits per heavy atom. The molecule has 0 fully saturated rings. The van der Waals surface area contributed by atoms with Gasteiger partial charge in [0.05, 0.1) is 11.0 Å². The van der Waals surface area contributed by atoms with E-state index in [9.17, 15) is 10.1 Å². The summed E-state index contributed by atoms with van der Waals surface area (Å²) in [5, 5.41) is 19.2. The molecule has 1 aromatic rings. The Labute approximate surface area is 105 Å². The highest BCUT2D eigenvalue weighted by atomic mass is 16.6. The average molecular weight is 249 g/mol. The fourth-order valence-corrected chi connectivity index (χ4v) is 1.59. The van der Waals surface area contributed by atoms with Crippen molar-refractivity contribution < 1.29 is 4.92 Å². The van der Waals surface area contributed by atoms with Crippen LogP contribution in [0.1, 0.15) is 12.0 Å². The fourth-order valence-electron chi connectivity index (χ4n) is 1.59. The summed E-state index contributed by atoms with van der Waals surface area (Å²) in [6.07, 6.45) is 0.450. The number of hydrogen-bond acceptors (Lipinski definition) is 6. The molecule has 18 heavy (non-hydrogen) atoms. The lowest BCUT2D eigenvalue weighted by atomic mass is 10.1. The number of nitrogen functional groups attached to an aromatic ring is 1. The molecule has 1 aromatic carbocycles. The Kier molecular flexibility index (Phi) is 5.05. The highest BCUT2D eigenvalue weighted by Crippen LogP contribution is 2.24. The third-order valence-electron chi connectivity index (χ3n) is 2.47. The predicted molar refractivity (Wildman–Crippen MR) is 67.5 cm³/mol. The highest BCUT2D eigenvalue weighted by molar-refractivity contribution is 5.62. The van der Waals surface area contributed by atoms with Crippen molar-refractivity contribution in [2.45, 2.75) is 13.0 Å². The molecule has 0 heterocycles. The number of nitrogens with two attached hydrogens (primary N) is 1. The molecule has 0 spiro atoms.